The van der Waals surface area contributed by atoms with Gasteiger partial charge in [-0.15, -0.1) is 0 Å². The summed E-state index contributed by atoms with van der Waals surface area (Å²) in [5.41, 5.74) is 2.48. The number of benzene rings is 2. The number of hydrogen-bond donors (Lipinski definition) is 1. The number of fused-ring (bicyclic) bond motifs is 3. The standard InChI is InChI=1S/C21H22N2O7S/c1-26-15-5-3-6-16(27-2)20(15)31(24,25)23-21-18-17(30-22-21)11-13(14-7-4-9-28-14)12-8-10-29-19(12)18/h3,5-6,11,14H,4,7-10H2,1-2H3,(H,22,23)/t14-/m1/s1. The number of anilines is 1. The van der Waals surface area contributed by atoms with E-state index in [4.69, 9.17) is 23.5 Å². The summed E-state index contributed by atoms with van der Waals surface area (Å²) in [5.74, 6) is 0.956. The molecule has 3 aromatic rings. The molecule has 0 spiro atoms. The summed E-state index contributed by atoms with van der Waals surface area (Å²) >= 11 is 0. The third-order valence-corrected chi connectivity index (χ3v) is 7.01. The maximum absolute atomic E-state index is 13.3. The molecule has 1 saturated heterocycles. The average Bonchev–Trinajstić information content (AvgIpc) is 3.52. The summed E-state index contributed by atoms with van der Waals surface area (Å²) in [4.78, 5) is -0.121. The van der Waals surface area contributed by atoms with Crippen LogP contribution in [0, 0.1) is 0 Å². The van der Waals surface area contributed by atoms with E-state index in [1.54, 1.807) is 18.2 Å². The molecule has 9 nitrogen and oxygen atoms in total. The largest absolute Gasteiger partial charge is 0.495 e. The van der Waals surface area contributed by atoms with Gasteiger partial charge < -0.3 is 23.5 Å². The van der Waals surface area contributed by atoms with Crippen molar-refractivity contribution in [1.82, 2.24) is 5.16 Å². The van der Waals surface area contributed by atoms with Gasteiger partial charge in [0.05, 0.1) is 26.9 Å². The van der Waals surface area contributed by atoms with Gasteiger partial charge in [-0.1, -0.05) is 11.2 Å². The van der Waals surface area contributed by atoms with Crippen LogP contribution in [0.25, 0.3) is 11.0 Å². The zero-order valence-corrected chi connectivity index (χ0v) is 18.0. The third-order valence-electron chi connectivity index (χ3n) is 5.61. The number of methoxy groups -OCH3 is 2. The van der Waals surface area contributed by atoms with Crippen LogP contribution in [0.5, 0.6) is 17.2 Å². The zero-order valence-electron chi connectivity index (χ0n) is 17.1. The molecule has 0 unspecified atom stereocenters. The number of ether oxygens (including phenoxy) is 4. The number of sulfonamides is 1. The number of nitrogens with zero attached hydrogens (tertiary/aromatic N) is 1. The summed E-state index contributed by atoms with van der Waals surface area (Å²) in [6.07, 6.45) is 2.64. The van der Waals surface area contributed by atoms with E-state index in [2.05, 4.69) is 9.88 Å². The quantitative estimate of drug-likeness (QED) is 0.613. The van der Waals surface area contributed by atoms with Gasteiger partial charge in [-0.05, 0) is 36.6 Å². The lowest BCUT2D eigenvalue weighted by molar-refractivity contribution is 0.111. The summed E-state index contributed by atoms with van der Waals surface area (Å²) in [7, 11) is -1.32. The number of hydrogen-bond acceptors (Lipinski definition) is 8. The predicted molar refractivity (Wildman–Crippen MR) is 111 cm³/mol. The van der Waals surface area contributed by atoms with E-state index in [0.29, 0.717) is 23.3 Å². The predicted octanol–water partition coefficient (Wildman–Crippen LogP) is 3.43. The topological polar surface area (TPSA) is 109 Å². The van der Waals surface area contributed by atoms with Gasteiger partial charge in [-0.2, -0.15) is 0 Å². The summed E-state index contributed by atoms with van der Waals surface area (Å²) < 4.78 is 56.8. The maximum atomic E-state index is 13.3. The smallest absolute Gasteiger partial charge is 0.270 e. The Balaban J connectivity index is 1.61. The van der Waals surface area contributed by atoms with Gasteiger partial charge in [-0.25, -0.2) is 8.42 Å². The number of rotatable bonds is 6. The normalized spacial score (nSPS) is 18.1. The first-order valence-corrected chi connectivity index (χ1v) is 11.4. The van der Waals surface area contributed by atoms with Gasteiger partial charge in [0.15, 0.2) is 16.3 Å². The molecule has 1 aromatic heterocycles. The fraction of sp³-hybridized carbons (Fsp3) is 0.381. The summed E-state index contributed by atoms with van der Waals surface area (Å²) in [6, 6.07) is 6.63. The van der Waals surface area contributed by atoms with Crippen molar-refractivity contribution >= 4 is 26.8 Å². The zero-order chi connectivity index (χ0) is 21.6. The van der Waals surface area contributed by atoms with Crippen LogP contribution < -0.4 is 18.9 Å². The third kappa shape index (κ3) is 3.26. The highest BCUT2D eigenvalue weighted by Crippen LogP contribution is 2.45. The van der Waals surface area contributed by atoms with Crippen LogP contribution in [0.15, 0.2) is 33.7 Å². The van der Waals surface area contributed by atoms with Crippen molar-refractivity contribution < 1.29 is 31.9 Å². The Hall–Kier alpha value is -2.98. The second-order valence-electron chi connectivity index (χ2n) is 7.38. The lowest BCUT2D eigenvalue weighted by atomic mass is 9.96. The van der Waals surface area contributed by atoms with Crippen LogP contribution in [-0.2, 0) is 21.2 Å². The Bertz CT molecular complexity index is 1220. The van der Waals surface area contributed by atoms with E-state index in [-0.39, 0.29) is 28.3 Å². The van der Waals surface area contributed by atoms with Gasteiger partial charge in [0.25, 0.3) is 10.0 Å². The first-order valence-electron chi connectivity index (χ1n) is 9.97. The van der Waals surface area contributed by atoms with E-state index in [9.17, 15) is 8.42 Å². The van der Waals surface area contributed by atoms with E-state index in [0.717, 1.165) is 37.0 Å². The molecule has 10 heteroatoms. The Kier molecular flexibility index (Phi) is 4.90. The van der Waals surface area contributed by atoms with Crippen molar-refractivity contribution in [1.29, 1.82) is 0 Å². The Morgan fingerprint density at radius 2 is 1.94 bits per heavy atom. The van der Waals surface area contributed by atoms with Gasteiger partial charge >= 0.3 is 0 Å². The highest BCUT2D eigenvalue weighted by Gasteiger charge is 2.32. The van der Waals surface area contributed by atoms with Crippen LogP contribution in [0.1, 0.15) is 30.1 Å². The molecule has 2 aliphatic heterocycles. The monoisotopic (exact) mass is 446 g/mol. The minimum atomic E-state index is -4.11. The van der Waals surface area contributed by atoms with Crippen molar-refractivity contribution in [2.24, 2.45) is 0 Å². The molecule has 0 aliphatic carbocycles. The lowest BCUT2D eigenvalue weighted by Crippen LogP contribution is -2.15. The van der Waals surface area contributed by atoms with Crippen molar-refractivity contribution in [3.8, 4) is 17.2 Å². The van der Waals surface area contributed by atoms with E-state index < -0.39 is 10.0 Å². The lowest BCUT2D eigenvalue weighted by Gasteiger charge is -2.15. The van der Waals surface area contributed by atoms with Crippen LogP contribution in [-0.4, -0.2) is 41.0 Å². The van der Waals surface area contributed by atoms with Crippen LogP contribution >= 0.6 is 0 Å². The molecular formula is C21H22N2O7S. The van der Waals surface area contributed by atoms with Gasteiger partial charge in [0.2, 0.25) is 0 Å². The molecule has 1 atom stereocenters. The minimum absolute atomic E-state index is 0.0112. The van der Waals surface area contributed by atoms with E-state index in [1.165, 1.54) is 14.2 Å². The van der Waals surface area contributed by atoms with Crippen LogP contribution in [0.2, 0.25) is 0 Å². The van der Waals surface area contributed by atoms with Crippen molar-refractivity contribution in [2.75, 3.05) is 32.2 Å². The second-order valence-corrected chi connectivity index (χ2v) is 8.99. The molecule has 0 amide bonds. The van der Waals surface area contributed by atoms with Gasteiger partial charge in [0, 0.05) is 18.6 Å². The number of aromatic nitrogens is 1. The molecule has 5 rings (SSSR count). The number of nitrogens with one attached hydrogen (secondary N) is 1. The average molecular weight is 446 g/mol. The van der Waals surface area contributed by atoms with Gasteiger partial charge in [-0.3, -0.25) is 4.72 Å². The molecule has 164 valence electrons. The maximum Gasteiger partial charge on any atom is 0.270 e. The van der Waals surface area contributed by atoms with Crippen molar-refractivity contribution in [3.63, 3.8) is 0 Å². The molecule has 3 heterocycles. The molecular weight excluding hydrogens is 424 g/mol. The minimum Gasteiger partial charge on any atom is -0.495 e. The summed E-state index contributed by atoms with van der Waals surface area (Å²) in [5, 5.41) is 4.49. The molecule has 0 radical (unpaired) electrons. The van der Waals surface area contributed by atoms with Gasteiger partial charge in [0.1, 0.15) is 22.6 Å². The Morgan fingerprint density at radius 1 is 1.16 bits per heavy atom. The van der Waals surface area contributed by atoms with E-state index in [1.807, 2.05) is 6.07 Å². The van der Waals surface area contributed by atoms with Crippen LogP contribution in [0.3, 0.4) is 0 Å². The van der Waals surface area contributed by atoms with Crippen LogP contribution in [0.4, 0.5) is 5.82 Å². The molecule has 31 heavy (non-hydrogen) atoms. The SMILES string of the molecule is COc1cccc(OC)c1S(=O)(=O)Nc1noc2cc([C@H]3CCCO3)c3c(c12)OCC3. The van der Waals surface area contributed by atoms with Crippen molar-refractivity contribution in [3.05, 3.63) is 35.4 Å². The summed E-state index contributed by atoms with van der Waals surface area (Å²) in [6.45, 7) is 1.23. The Morgan fingerprint density at radius 3 is 2.61 bits per heavy atom. The highest BCUT2D eigenvalue weighted by atomic mass is 32.2. The highest BCUT2D eigenvalue weighted by molar-refractivity contribution is 7.93. The fourth-order valence-corrected chi connectivity index (χ4v) is 5.57. The second kappa shape index (κ2) is 7.61. The molecule has 0 bridgehead atoms. The molecule has 2 aromatic carbocycles. The molecule has 1 N–H and O–H groups in total. The van der Waals surface area contributed by atoms with Crippen molar-refractivity contribution in [2.45, 2.75) is 30.3 Å². The molecule has 0 saturated carbocycles. The first-order chi connectivity index (χ1) is 15.0. The Labute approximate surface area is 179 Å². The molecule has 2 aliphatic rings. The molecule has 1 fully saturated rings. The first kappa shape index (κ1) is 20.0. The van der Waals surface area contributed by atoms with E-state index >= 15 is 0 Å². The fourth-order valence-electron chi connectivity index (χ4n) is 4.24.